The Hall–Kier alpha value is -3.29. The average Bonchev–Trinajstić information content (AvgIpc) is 3.24. The number of likely N-dealkylation sites (tertiary alicyclic amines) is 1. The van der Waals surface area contributed by atoms with Crippen LogP contribution >= 0.6 is 0 Å². The van der Waals surface area contributed by atoms with Gasteiger partial charge in [-0.25, -0.2) is 0 Å². The van der Waals surface area contributed by atoms with Crippen molar-refractivity contribution in [1.29, 1.82) is 0 Å². The van der Waals surface area contributed by atoms with E-state index in [2.05, 4.69) is 0 Å². The van der Waals surface area contributed by atoms with E-state index in [1.54, 1.807) is 21.6 Å². The highest BCUT2D eigenvalue weighted by Gasteiger charge is 2.37. The number of halogens is 3. The summed E-state index contributed by atoms with van der Waals surface area (Å²) in [6.45, 7) is 1.55. The smallest absolute Gasteiger partial charge is 0.416 e. The number of alkyl halides is 3. The zero-order chi connectivity index (χ0) is 21.8. The van der Waals surface area contributed by atoms with E-state index >= 15 is 0 Å². The highest BCUT2D eigenvalue weighted by Crippen LogP contribution is 2.36. The van der Waals surface area contributed by atoms with Crippen molar-refractivity contribution in [2.45, 2.75) is 25.1 Å². The zero-order valence-electron chi connectivity index (χ0n) is 16.4. The number of aromatic nitrogens is 1. The molecule has 2 unspecified atom stereocenters. The van der Waals surface area contributed by atoms with Crippen LogP contribution in [0.15, 0.2) is 63.8 Å². The van der Waals surface area contributed by atoms with E-state index in [1.165, 1.54) is 24.3 Å². The maximum Gasteiger partial charge on any atom is 0.416 e. The van der Waals surface area contributed by atoms with Gasteiger partial charge in [0.15, 0.2) is 5.76 Å². The molecule has 4 heterocycles. The monoisotopic (exact) mass is 428 g/mol. The molecule has 1 saturated heterocycles. The van der Waals surface area contributed by atoms with Gasteiger partial charge in [-0.1, -0.05) is 18.2 Å². The summed E-state index contributed by atoms with van der Waals surface area (Å²) < 4.78 is 46.4. The molecule has 2 bridgehead atoms. The van der Waals surface area contributed by atoms with Gasteiger partial charge in [0.25, 0.3) is 11.5 Å². The van der Waals surface area contributed by atoms with Crippen molar-refractivity contribution < 1.29 is 22.4 Å². The lowest BCUT2D eigenvalue weighted by atomic mass is 9.83. The standard InChI is InChI=1S/C23H19F3N2O3/c24-23(25,26)17-4-1-3-15(10-17)19-7-8-20(31-19)22(30)27-11-14-9-16(13-27)18-5-2-6-21(29)28(18)12-14/h1-8,10,14,16H,9,11-13H2. The van der Waals surface area contributed by atoms with Crippen molar-refractivity contribution in [2.75, 3.05) is 13.1 Å². The Kier molecular flexibility index (Phi) is 4.53. The van der Waals surface area contributed by atoms with Crippen LogP contribution < -0.4 is 5.56 Å². The van der Waals surface area contributed by atoms with E-state index in [0.717, 1.165) is 24.2 Å². The molecule has 1 fully saturated rings. The van der Waals surface area contributed by atoms with E-state index in [9.17, 15) is 22.8 Å². The molecule has 0 N–H and O–H groups in total. The van der Waals surface area contributed by atoms with Crippen LogP contribution in [0.2, 0.25) is 0 Å². The largest absolute Gasteiger partial charge is 0.451 e. The molecule has 0 spiro atoms. The maximum absolute atomic E-state index is 13.1. The Bertz CT molecular complexity index is 1210. The van der Waals surface area contributed by atoms with Crippen LogP contribution in [-0.4, -0.2) is 28.5 Å². The summed E-state index contributed by atoms with van der Waals surface area (Å²) in [5, 5.41) is 0. The summed E-state index contributed by atoms with van der Waals surface area (Å²) in [5.74, 6) is 0.262. The molecule has 0 saturated carbocycles. The SMILES string of the molecule is O=C(c1ccc(-c2cccc(C(F)(F)F)c2)o1)N1CC2CC(C1)c1cccc(=O)n1C2. The first-order valence-corrected chi connectivity index (χ1v) is 10.1. The number of carbonyl (C=O) groups is 1. The lowest BCUT2D eigenvalue weighted by molar-refractivity contribution is -0.137. The number of benzene rings is 1. The first-order valence-electron chi connectivity index (χ1n) is 10.1. The second-order valence-corrected chi connectivity index (χ2v) is 8.15. The molecule has 5 rings (SSSR count). The van der Waals surface area contributed by atoms with Crippen LogP contribution in [0.5, 0.6) is 0 Å². The summed E-state index contributed by atoms with van der Waals surface area (Å²) >= 11 is 0. The second-order valence-electron chi connectivity index (χ2n) is 8.15. The van der Waals surface area contributed by atoms with Gasteiger partial charge in [-0.05, 0) is 42.7 Å². The van der Waals surface area contributed by atoms with Crippen molar-refractivity contribution in [3.8, 4) is 11.3 Å². The van der Waals surface area contributed by atoms with Gasteiger partial charge in [0, 0.05) is 42.9 Å². The van der Waals surface area contributed by atoms with Gasteiger partial charge < -0.3 is 13.9 Å². The number of piperidine rings is 1. The van der Waals surface area contributed by atoms with Gasteiger partial charge in [0.1, 0.15) is 5.76 Å². The average molecular weight is 428 g/mol. The van der Waals surface area contributed by atoms with Gasteiger partial charge in [-0.3, -0.25) is 9.59 Å². The number of furan rings is 1. The van der Waals surface area contributed by atoms with E-state index in [1.807, 2.05) is 6.07 Å². The molecule has 1 amide bonds. The maximum atomic E-state index is 13.1. The summed E-state index contributed by atoms with van der Waals surface area (Å²) in [4.78, 5) is 26.9. The van der Waals surface area contributed by atoms with Crippen molar-refractivity contribution in [3.63, 3.8) is 0 Å². The van der Waals surface area contributed by atoms with E-state index in [4.69, 9.17) is 4.42 Å². The van der Waals surface area contributed by atoms with Crippen LogP contribution in [0, 0.1) is 5.92 Å². The molecule has 2 atom stereocenters. The lowest BCUT2D eigenvalue weighted by Gasteiger charge is -2.42. The third kappa shape index (κ3) is 3.56. The Balaban J connectivity index is 1.38. The lowest BCUT2D eigenvalue weighted by Crippen LogP contribution is -2.49. The minimum atomic E-state index is -4.45. The van der Waals surface area contributed by atoms with E-state index in [-0.39, 0.29) is 40.4 Å². The number of fused-ring (bicyclic) bond motifs is 4. The number of amides is 1. The first-order chi connectivity index (χ1) is 14.8. The highest BCUT2D eigenvalue weighted by atomic mass is 19.4. The van der Waals surface area contributed by atoms with Crippen molar-refractivity contribution in [2.24, 2.45) is 5.92 Å². The predicted molar refractivity (Wildman–Crippen MR) is 107 cm³/mol. The number of hydrogen-bond donors (Lipinski definition) is 0. The summed E-state index contributed by atoms with van der Waals surface area (Å²) in [6, 6.07) is 13.1. The van der Waals surface area contributed by atoms with Crippen LogP contribution in [-0.2, 0) is 12.7 Å². The summed E-state index contributed by atoms with van der Waals surface area (Å²) in [7, 11) is 0. The van der Waals surface area contributed by atoms with Crippen molar-refractivity contribution in [3.05, 3.63) is 82.0 Å². The Morgan fingerprint density at radius 3 is 2.61 bits per heavy atom. The predicted octanol–water partition coefficient (Wildman–Crippen LogP) is 4.39. The fraction of sp³-hybridized carbons (Fsp3) is 0.304. The van der Waals surface area contributed by atoms with E-state index in [0.29, 0.717) is 19.6 Å². The molecule has 0 radical (unpaired) electrons. The Morgan fingerprint density at radius 2 is 1.81 bits per heavy atom. The van der Waals surface area contributed by atoms with E-state index < -0.39 is 11.7 Å². The van der Waals surface area contributed by atoms with Crippen molar-refractivity contribution in [1.82, 2.24) is 9.47 Å². The normalized spacial score (nSPS) is 20.4. The van der Waals surface area contributed by atoms with Crippen LogP contribution in [0.25, 0.3) is 11.3 Å². The summed E-state index contributed by atoms with van der Waals surface area (Å²) in [5.41, 5.74) is 0.402. The molecular formula is C23H19F3N2O3. The molecule has 5 nitrogen and oxygen atoms in total. The van der Waals surface area contributed by atoms with Gasteiger partial charge in [0.2, 0.25) is 0 Å². The van der Waals surface area contributed by atoms with Gasteiger partial charge >= 0.3 is 6.18 Å². The number of rotatable bonds is 2. The number of pyridine rings is 1. The minimum absolute atomic E-state index is 0.0243. The van der Waals surface area contributed by atoms with Gasteiger partial charge in [-0.15, -0.1) is 0 Å². The van der Waals surface area contributed by atoms with Gasteiger partial charge in [0.05, 0.1) is 5.56 Å². The number of nitrogens with zero attached hydrogens (tertiary/aromatic N) is 2. The van der Waals surface area contributed by atoms with Crippen molar-refractivity contribution >= 4 is 5.91 Å². The fourth-order valence-corrected chi connectivity index (χ4v) is 4.67. The molecule has 2 aliphatic heterocycles. The molecule has 31 heavy (non-hydrogen) atoms. The molecule has 8 heteroatoms. The van der Waals surface area contributed by atoms with Crippen LogP contribution in [0.3, 0.4) is 0 Å². The number of hydrogen-bond acceptors (Lipinski definition) is 3. The summed E-state index contributed by atoms with van der Waals surface area (Å²) in [6.07, 6.45) is -3.54. The molecular weight excluding hydrogens is 409 g/mol. The molecule has 2 aromatic heterocycles. The Labute approximate surface area is 175 Å². The third-order valence-corrected chi connectivity index (χ3v) is 6.06. The molecule has 1 aromatic carbocycles. The topological polar surface area (TPSA) is 55.5 Å². The third-order valence-electron chi connectivity index (χ3n) is 6.06. The van der Waals surface area contributed by atoms with Gasteiger partial charge in [-0.2, -0.15) is 13.2 Å². The van der Waals surface area contributed by atoms with Crippen LogP contribution in [0.4, 0.5) is 13.2 Å². The molecule has 3 aromatic rings. The fourth-order valence-electron chi connectivity index (χ4n) is 4.67. The molecule has 0 aliphatic carbocycles. The quantitative estimate of drug-likeness (QED) is 0.609. The molecule has 160 valence electrons. The molecule has 2 aliphatic rings. The minimum Gasteiger partial charge on any atom is -0.451 e. The highest BCUT2D eigenvalue weighted by molar-refractivity contribution is 5.92. The second kappa shape index (κ2) is 7.14. The first kappa shape index (κ1) is 19.7. The van der Waals surface area contributed by atoms with Crippen LogP contribution in [0.1, 0.15) is 34.2 Å². The zero-order valence-corrected chi connectivity index (χ0v) is 16.4. The number of carbonyl (C=O) groups excluding carboxylic acids is 1. The Morgan fingerprint density at radius 1 is 1.00 bits per heavy atom.